The summed E-state index contributed by atoms with van der Waals surface area (Å²) in [6.07, 6.45) is 0. The standard InChI is InChI=1S/C16H21N3O2S/c1-17-16(19-11-13-6-9-22-12-13)18-7-8-21-15-5-3-4-14(10-15)20-2/h3-6,9-10,12H,7-8,11H2,1-2H3,(H2,17,18,19). The zero-order chi connectivity index (χ0) is 15.6. The Labute approximate surface area is 135 Å². The molecule has 0 radical (unpaired) electrons. The zero-order valence-corrected chi connectivity index (χ0v) is 13.7. The van der Waals surface area contributed by atoms with Crippen LogP contribution in [0.5, 0.6) is 11.5 Å². The van der Waals surface area contributed by atoms with Crippen molar-refractivity contribution in [2.75, 3.05) is 27.3 Å². The van der Waals surface area contributed by atoms with Gasteiger partial charge in [0.25, 0.3) is 0 Å². The number of hydrogen-bond acceptors (Lipinski definition) is 4. The van der Waals surface area contributed by atoms with Gasteiger partial charge in [-0.05, 0) is 34.5 Å². The van der Waals surface area contributed by atoms with Gasteiger partial charge in [0.05, 0.1) is 13.7 Å². The van der Waals surface area contributed by atoms with Gasteiger partial charge in [0.2, 0.25) is 0 Å². The van der Waals surface area contributed by atoms with Gasteiger partial charge in [-0.1, -0.05) is 6.07 Å². The fourth-order valence-electron chi connectivity index (χ4n) is 1.83. The van der Waals surface area contributed by atoms with Crippen LogP contribution in [-0.2, 0) is 6.54 Å². The monoisotopic (exact) mass is 319 g/mol. The number of ether oxygens (including phenoxy) is 2. The first kappa shape index (κ1) is 16.2. The molecule has 0 aliphatic heterocycles. The summed E-state index contributed by atoms with van der Waals surface area (Å²) in [4.78, 5) is 4.18. The van der Waals surface area contributed by atoms with Gasteiger partial charge < -0.3 is 20.1 Å². The maximum atomic E-state index is 5.67. The van der Waals surface area contributed by atoms with E-state index in [1.165, 1.54) is 5.56 Å². The Morgan fingerprint density at radius 1 is 1.23 bits per heavy atom. The molecule has 1 aromatic heterocycles. The van der Waals surface area contributed by atoms with Gasteiger partial charge in [-0.2, -0.15) is 11.3 Å². The summed E-state index contributed by atoms with van der Waals surface area (Å²) in [5.41, 5.74) is 1.25. The highest BCUT2D eigenvalue weighted by atomic mass is 32.1. The fraction of sp³-hybridized carbons (Fsp3) is 0.312. The van der Waals surface area contributed by atoms with E-state index >= 15 is 0 Å². The maximum absolute atomic E-state index is 5.67. The lowest BCUT2D eigenvalue weighted by molar-refractivity contribution is 0.319. The topological polar surface area (TPSA) is 54.9 Å². The minimum atomic E-state index is 0.548. The van der Waals surface area contributed by atoms with E-state index in [9.17, 15) is 0 Å². The van der Waals surface area contributed by atoms with Crippen molar-refractivity contribution in [3.8, 4) is 11.5 Å². The largest absolute Gasteiger partial charge is 0.497 e. The second-order valence-corrected chi connectivity index (χ2v) is 5.29. The Kier molecular flexibility index (Phi) is 6.57. The smallest absolute Gasteiger partial charge is 0.191 e. The molecule has 0 fully saturated rings. The number of benzene rings is 1. The van der Waals surface area contributed by atoms with Gasteiger partial charge >= 0.3 is 0 Å². The third-order valence-electron chi connectivity index (χ3n) is 2.97. The van der Waals surface area contributed by atoms with Crippen molar-refractivity contribution in [2.24, 2.45) is 4.99 Å². The quantitative estimate of drug-likeness (QED) is 0.468. The Morgan fingerprint density at radius 3 is 2.82 bits per heavy atom. The second kappa shape index (κ2) is 8.94. The van der Waals surface area contributed by atoms with Crippen LogP contribution < -0.4 is 20.1 Å². The van der Waals surface area contributed by atoms with Crippen molar-refractivity contribution >= 4 is 17.3 Å². The first-order valence-electron chi connectivity index (χ1n) is 7.04. The lowest BCUT2D eigenvalue weighted by Crippen LogP contribution is -2.38. The van der Waals surface area contributed by atoms with Crippen LogP contribution in [0.15, 0.2) is 46.1 Å². The van der Waals surface area contributed by atoms with E-state index in [1.807, 2.05) is 24.3 Å². The van der Waals surface area contributed by atoms with Crippen LogP contribution in [0.25, 0.3) is 0 Å². The lowest BCUT2D eigenvalue weighted by atomic mass is 10.3. The summed E-state index contributed by atoms with van der Waals surface area (Å²) < 4.78 is 10.8. The van der Waals surface area contributed by atoms with Crippen molar-refractivity contribution in [3.63, 3.8) is 0 Å². The lowest BCUT2D eigenvalue weighted by Gasteiger charge is -2.12. The molecule has 1 aromatic carbocycles. The molecule has 6 heteroatoms. The van der Waals surface area contributed by atoms with E-state index in [0.717, 1.165) is 24.0 Å². The van der Waals surface area contributed by atoms with Crippen LogP contribution in [0.3, 0.4) is 0 Å². The van der Waals surface area contributed by atoms with Crippen LogP contribution in [0.1, 0.15) is 5.56 Å². The first-order valence-corrected chi connectivity index (χ1v) is 7.98. The summed E-state index contributed by atoms with van der Waals surface area (Å²) >= 11 is 1.69. The van der Waals surface area contributed by atoms with Gasteiger partial charge in [-0.15, -0.1) is 0 Å². The van der Waals surface area contributed by atoms with Gasteiger partial charge in [0, 0.05) is 19.7 Å². The molecule has 118 valence electrons. The molecular formula is C16H21N3O2S. The average Bonchev–Trinajstić information content (AvgIpc) is 3.08. The average molecular weight is 319 g/mol. The normalized spacial score (nSPS) is 11.1. The first-order chi connectivity index (χ1) is 10.8. The molecule has 0 amide bonds. The molecule has 2 N–H and O–H groups in total. The van der Waals surface area contributed by atoms with E-state index in [4.69, 9.17) is 9.47 Å². The molecule has 2 aromatic rings. The van der Waals surface area contributed by atoms with Crippen molar-refractivity contribution < 1.29 is 9.47 Å². The van der Waals surface area contributed by atoms with E-state index in [2.05, 4.69) is 32.5 Å². The number of nitrogens with zero attached hydrogens (tertiary/aromatic N) is 1. The van der Waals surface area contributed by atoms with E-state index < -0.39 is 0 Å². The zero-order valence-electron chi connectivity index (χ0n) is 12.8. The molecule has 2 rings (SSSR count). The van der Waals surface area contributed by atoms with Crippen LogP contribution >= 0.6 is 11.3 Å². The summed E-state index contributed by atoms with van der Waals surface area (Å²) in [6, 6.07) is 9.66. The number of guanidine groups is 1. The Hall–Kier alpha value is -2.21. The third-order valence-corrected chi connectivity index (χ3v) is 3.70. The van der Waals surface area contributed by atoms with Gasteiger partial charge in [-0.3, -0.25) is 4.99 Å². The van der Waals surface area contributed by atoms with Crippen molar-refractivity contribution in [3.05, 3.63) is 46.7 Å². The number of methoxy groups -OCH3 is 1. The molecular weight excluding hydrogens is 298 g/mol. The maximum Gasteiger partial charge on any atom is 0.191 e. The molecule has 1 heterocycles. The number of thiophene rings is 1. The number of rotatable bonds is 7. The fourth-order valence-corrected chi connectivity index (χ4v) is 2.50. The Bertz CT molecular complexity index is 585. The van der Waals surface area contributed by atoms with Gasteiger partial charge in [0.15, 0.2) is 5.96 Å². The predicted molar refractivity (Wildman–Crippen MR) is 91.0 cm³/mol. The van der Waals surface area contributed by atoms with Crippen molar-refractivity contribution in [1.29, 1.82) is 0 Å². The van der Waals surface area contributed by atoms with Gasteiger partial charge in [-0.25, -0.2) is 0 Å². The minimum Gasteiger partial charge on any atom is -0.497 e. The molecule has 0 saturated carbocycles. The summed E-state index contributed by atoms with van der Waals surface area (Å²) in [5.74, 6) is 2.35. The Balaban J connectivity index is 1.68. The molecule has 0 aliphatic rings. The van der Waals surface area contributed by atoms with E-state index in [0.29, 0.717) is 13.2 Å². The third kappa shape index (κ3) is 5.29. The van der Waals surface area contributed by atoms with Crippen LogP contribution in [-0.4, -0.2) is 33.3 Å². The van der Waals surface area contributed by atoms with Gasteiger partial charge in [0.1, 0.15) is 18.1 Å². The van der Waals surface area contributed by atoms with E-state index in [1.54, 1.807) is 25.5 Å². The molecule has 5 nitrogen and oxygen atoms in total. The highest BCUT2D eigenvalue weighted by Crippen LogP contribution is 2.18. The van der Waals surface area contributed by atoms with Crippen molar-refractivity contribution in [1.82, 2.24) is 10.6 Å². The van der Waals surface area contributed by atoms with E-state index in [-0.39, 0.29) is 0 Å². The van der Waals surface area contributed by atoms with Crippen LogP contribution in [0, 0.1) is 0 Å². The number of hydrogen-bond donors (Lipinski definition) is 2. The van der Waals surface area contributed by atoms with Crippen LogP contribution in [0.2, 0.25) is 0 Å². The second-order valence-electron chi connectivity index (χ2n) is 4.51. The Morgan fingerprint density at radius 2 is 2.09 bits per heavy atom. The van der Waals surface area contributed by atoms with Crippen LogP contribution in [0.4, 0.5) is 0 Å². The highest BCUT2D eigenvalue weighted by Gasteiger charge is 2.00. The number of aliphatic imine (C=N–C) groups is 1. The molecule has 0 bridgehead atoms. The van der Waals surface area contributed by atoms with Crippen molar-refractivity contribution in [2.45, 2.75) is 6.54 Å². The highest BCUT2D eigenvalue weighted by molar-refractivity contribution is 7.07. The summed E-state index contributed by atoms with van der Waals surface area (Å²) in [5, 5.41) is 10.7. The summed E-state index contributed by atoms with van der Waals surface area (Å²) in [6.45, 7) is 1.98. The molecule has 0 spiro atoms. The molecule has 0 unspecified atom stereocenters. The summed E-state index contributed by atoms with van der Waals surface area (Å²) in [7, 11) is 3.40. The molecule has 22 heavy (non-hydrogen) atoms. The number of nitrogens with one attached hydrogen (secondary N) is 2. The molecule has 0 saturated heterocycles. The molecule has 0 atom stereocenters. The molecule has 0 aliphatic carbocycles. The predicted octanol–water partition coefficient (Wildman–Crippen LogP) is 2.50. The SMILES string of the molecule is CN=C(NCCOc1cccc(OC)c1)NCc1ccsc1. The minimum absolute atomic E-state index is 0.548.